The second-order valence-corrected chi connectivity index (χ2v) is 7.13. The highest BCUT2D eigenvalue weighted by Crippen LogP contribution is 2.29. The van der Waals surface area contributed by atoms with E-state index in [0.29, 0.717) is 5.02 Å². The van der Waals surface area contributed by atoms with Crippen LogP contribution in [0, 0.1) is 0 Å². The highest BCUT2D eigenvalue weighted by molar-refractivity contribution is 7.86. The van der Waals surface area contributed by atoms with Crippen molar-refractivity contribution in [3.05, 3.63) is 62.1 Å². The molecule has 0 amide bonds. The van der Waals surface area contributed by atoms with Gasteiger partial charge in [-0.25, -0.2) is 0 Å². The summed E-state index contributed by atoms with van der Waals surface area (Å²) in [6.45, 7) is 0. The van der Waals surface area contributed by atoms with Crippen molar-refractivity contribution in [3.63, 3.8) is 0 Å². The summed E-state index contributed by atoms with van der Waals surface area (Å²) in [6.07, 6.45) is 0. The van der Waals surface area contributed by atoms with Gasteiger partial charge >= 0.3 is 0 Å². The Hall–Kier alpha value is -0.580. The van der Waals surface area contributed by atoms with Gasteiger partial charge in [-0.05, 0) is 30.3 Å². The van der Waals surface area contributed by atoms with Gasteiger partial charge in [0.2, 0.25) is 0 Å². The van der Waals surface area contributed by atoms with Crippen molar-refractivity contribution in [3.8, 4) is 0 Å². The molecule has 0 aliphatic carbocycles. The summed E-state index contributed by atoms with van der Waals surface area (Å²) in [4.78, 5) is 12.4. The van der Waals surface area contributed by atoms with Crippen molar-refractivity contribution < 1.29 is 9.00 Å². The second-order valence-electron chi connectivity index (χ2n) is 4.09. The Morgan fingerprint density at radius 2 is 1.57 bits per heavy atom. The molecule has 0 bridgehead atoms. The Morgan fingerprint density at radius 3 is 2.14 bits per heavy atom. The minimum absolute atomic E-state index is 0.217. The zero-order valence-corrected chi connectivity index (χ0v) is 14.2. The van der Waals surface area contributed by atoms with Crippen LogP contribution in [0.1, 0.15) is 10.4 Å². The minimum Gasteiger partial charge on any atom is -0.293 e. The minimum atomic E-state index is -1.66. The topological polar surface area (TPSA) is 34.1 Å². The van der Waals surface area contributed by atoms with Crippen LogP contribution >= 0.6 is 46.4 Å². The van der Waals surface area contributed by atoms with Crippen molar-refractivity contribution in [2.75, 3.05) is 5.75 Å². The number of rotatable bonds is 4. The van der Waals surface area contributed by atoms with E-state index in [1.165, 1.54) is 12.1 Å². The molecule has 110 valence electrons. The largest absolute Gasteiger partial charge is 0.293 e. The molecule has 1 unspecified atom stereocenters. The van der Waals surface area contributed by atoms with Crippen LogP contribution in [0.3, 0.4) is 0 Å². The zero-order chi connectivity index (χ0) is 15.6. The van der Waals surface area contributed by atoms with Gasteiger partial charge in [0.15, 0.2) is 5.78 Å². The third-order valence-corrected chi connectivity index (χ3v) is 5.46. The standard InChI is InChI=1S/C14H8Cl4O2S/c15-8-4-5-9(12(18)6-8)13(19)7-21(20)14-10(16)2-1-3-11(14)17/h1-6H,7H2. The average Bonchev–Trinajstić information content (AvgIpc) is 2.37. The van der Waals surface area contributed by atoms with Crippen LogP contribution < -0.4 is 0 Å². The van der Waals surface area contributed by atoms with E-state index in [1.807, 2.05) is 0 Å². The van der Waals surface area contributed by atoms with Crippen molar-refractivity contribution in [1.82, 2.24) is 0 Å². The highest BCUT2D eigenvalue weighted by atomic mass is 35.5. The third-order valence-electron chi connectivity index (χ3n) is 2.64. The summed E-state index contributed by atoms with van der Waals surface area (Å²) < 4.78 is 12.3. The van der Waals surface area contributed by atoms with Gasteiger partial charge in [0.05, 0.1) is 36.5 Å². The molecule has 1 atom stereocenters. The molecular formula is C14H8Cl4O2S. The van der Waals surface area contributed by atoms with Crippen molar-refractivity contribution in [2.24, 2.45) is 0 Å². The maximum atomic E-state index is 12.3. The fourth-order valence-electron chi connectivity index (χ4n) is 1.68. The average molecular weight is 382 g/mol. The Labute approximate surface area is 144 Å². The summed E-state index contributed by atoms with van der Waals surface area (Å²) >= 11 is 23.7. The number of benzene rings is 2. The molecule has 0 N–H and O–H groups in total. The van der Waals surface area contributed by atoms with Gasteiger partial charge in [-0.3, -0.25) is 9.00 Å². The highest BCUT2D eigenvalue weighted by Gasteiger charge is 2.19. The van der Waals surface area contributed by atoms with Crippen molar-refractivity contribution in [1.29, 1.82) is 0 Å². The fourth-order valence-corrected chi connectivity index (χ4v) is 4.22. The Balaban J connectivity index is 2.25. The van der Waals surface area contributed by atoms with E-state index in [-0.39, 0.29) is 37.1 Å². The molecule has 0 aromatic heterocycles. The van der Waals surface area contributed by atoms with Gasteiger partial charge in [0, 0.05) is 10.6 Å². The first-order valence-corrected chi connectivity index (χ1v) is 8.54. The number of hydrogen-bond donors (Lipinski definition) is 0. The molecule has 0 heterocycles. The Morgan fingerprint density at radius 1 is 0.952 bits per heavy atom. The van der Waals surface area contributed by atoms with E-state index in [4.69, 9.17) is 46.4 Å². The van der Waals surface area contributed by atoms with Crippen molar-refractivity contribution >= 4 is 63.0 Å². The van der Waals surface area contributed by atoms with Crippen LogP contribution in [-0.4, -0.2) is 15.7 Å². The fraction of sp³-hybridized carbons (Fsp3) is 0.0714. The summed E-state index contributed by atoms with van der Waals surface area (Å²) in [5.74, 6) is -0.629. The predicted octanol–water partition coefficient (Wildman–Crippen LogP) is 5.29. The van der Waals surface area contributed by atoms with Crippen LogP contribution in [0.2, 0.25) is 20.1 Å². The number of ketones is 1. The smallest absolute Gasteiger partial charge is 0.177 e. The summed E-state index contributed by atoms with van der Waals surface area (Å²) in [6, 6.07) is 9.29. The van der Waals surface area contributed by atoms with Crippen LogP contribution in [0.25, 0.3) is 0 Å². The number of Topliss-reactive ketones (excluding diaryl/α,β-unsaturated/α-hetero) is 1. The molecule has 0 aliphatic rings. The number of carbonyl (C=O) groups is 1. The van der Waals surface area contributed by atoms with Crippen LogP contribution in [0.4, 0.5) is 0 Å². The van der Waals surface area contributed by atoms with Gasteiger partial charge in [-0.1, -0.05) is 52.5 Å². The SMILES string of the molecule is O=C(CS(=O)c1c(Cl)cccc1Cl)c1ccc(Cl)cc1Cl. The van der Waals surface area contributed by atoms with E-state index in [0.717, 1.165) is 0 Å². The molecule has 0 radical (unpaired) electrons. The van der Waals surface area contributed by atoms with E-state index in [2.05, 4.69) is 0 Å². The molecule has 0 fully saturated rings. The van der Waals surface area contributed by atoms with Gasteiger partial charge in [0.1, 0.15) is 0 Å². The summed E-state index contributed by atoms with van der Waals surface area (Å²) in [5.41, 5.74) is 0.262. The molecule has 7 heteroatoms. The lowest BCUT2D eigenvalue weighted by atomic mass is 10.1. The van der Waals surface area contributed by atoms with E-state index in [9.17, 15) is 9.00 Å². The van der Waals surface area contributed by atoms with Crippen LogP contribution in [-0.2, 0) is 10.8 Å². The molecule has 2 aromatic carbocycles. The van der Waals surface area contributed by atoms with Gasteiger partial charge in [0.25, 0.3) is 0 Å². The first kappa shape index (κ1) is 16.8. The van der Waals surface area contributed by atoms with E-state index >= 15 is 0 Å². The molecule has 2 nitrogen and oxygen atoms in total. The van der Waals surface area contributed by atoms with Crippen LogP contribution in [0.15, 0.2) is 41.3 Å². The molecule has 0 saturated heterocycles. The predicted molar refractivity (Wildman–Crippen MR) is 88.5 cm³/mol. The van der Waals surface area contributed by atoms with Crippen molar-refractivity contribution in [2.45, 2.75) is 4.90 Å². The van der Waals surface area contributed by atoms with Gasteiger partial charge in [-0.2, -0.15) is 0 Å². The molecule has 0 spiro atoms. The zero-order valence-electron chi connectivity index (χ0n) is 10.4. The van der Waals surface area contributed by atoms with Gasteiger partial charge < -0.3 is 0 Å². The summed E-state index contributed by atoms with van der Waals surface area (Å²) in [5, 5.41) is 1.16. The lowest BCUT2D eigenvalue weighted by molar-refractivity contribution is 0.102. The lowest BCUT2D eigenvalue weighted by Crippen LogP contribution is -2.12. The van der Waals surface area contributed by atoms with E-state index < -0.39 is 10.8 Å². The lowest BCUT2D eigenvalue weighted by Gasteiger charge is -2.07. The summed E-state index contributed by atoms with van der Waals surface area (Å²) in [7, 11) is -1.66. The molecular weight excluding hydrogens is 374 g/mol. The molecule has 0 saturated carbocycles. The first-order valence-electron chi connectivity index (χ1n) is 5.71. The third kappa shape index (κ3) is 3.99. The molecule has 2 aromatic rings. The Bertz CT molecular complexity index is 711. The van der Waals surface area contributed by atoms with Crippen LogP contribution in [0.5, 0.6) is 0 Å². The molecule has 21 heavy (non-hydrogen) atoms. The number of hydrogen-bond acceptors (Lipinski definition) is 2. The van der Waals surface area contributed by atoms with E-state index in [1.54, 1.807) is 24.3 Å². The second kappa shape index (κ2) is 7.12. The molecule has 2 rings (SSSR count). The number of halogens is 4. The number of carbonyl (C=O) groups excluding carboxylic acids is 1. The monoisotopic (exact) mass is 380 g/mol. The molecule has 0 aliphatic heterocycles. The quantitative estimate of drug-likeness (QED) is 0.674. The normalized spacial score (nSPS) is 12.2. The maximum Gasteiger partial charge on any atom is 0.177 e. The maximum absolute atomic E-state index is 12.3. The first-order chi connectivity index (χ1) is 9.90. The van der Waals surface area contributed by atoms with Gasteiger partial charge in [-0.15, -0.1) is 0 Å². The Kier molecular flexibility index (Phi) is 5.69.